The van der Waals surface area contributed by atoms with Crippen LogP contribution in [0.1, 0.15) is 49.4 Å². The summed E-state index contributed by atoms with van der Waals surface area (Å²) in [6.45, 7) is 2.08. The summed E-state index contributed by atoms with van der Waals surface area (Å²) >= 11 is 0. The van der Waals surface area contributed by atoms with E-state index in [-0.39, 0.29) is 12.1 Å². The Kier molecular flexibility index (Phi) is 4.40. The maximum Gasteiger partial charge on any atom is 0.340 e. The Hall–Kier alpha value is -2.04. The minimum Gasteiger partial charge on any atom is -0.462 e. The molecule has 0 spiro atoms. The molecule has 0 aromatic heterocycles. The summed E-state index contributed by atoms with van der Waals surface area (Å²) in [5.74, 6) is 2.61. The fourth-order valence-electron chi connectivity index (χ4n) is 5.45. The van der Waals surface area contributed by atoms with E-state index in [1.807, 2.05) is 0 Å². The summed E-state index contributed by atoms with van der Waals surface area (Å²) < 4.78 is 5.07. The van der Waals surface area contributed by atoms with E-state index in [4.69, 9.17) is 4.74 Å². The monoisotopic (exact) mass is 342 g/mol. The SMILES string of the molecule is CCOC(=O)c1ccccc1NC(=O)NC1C2CC3CC(C2)CC1C3. The van der Waals surface area contributed by atoms with Crippen LogP contribution in [0.2, 0.25) is 0 Å². The third kappa shape index (κ3) is 3.24. The predicted molar refractivity (Wildman–Crippen MR) is 95.4 cm³/mol. The molecule has 1 aromatic rings. The van der Waals surface area contributed by atoms with E-state index in [1.165, 1.54) is 32.1 Å². The molecule has 4 bridgehead atoms. The summed E-state index contributed by atoms with van der Waals surface area (Å²) in [7, 11) is 0. The second-order valence-electron chi connectivity index (χ2n) is 7.82. The lowest BCUT2D eigenvalue weighted by molar-refractivity contribution is -0.00883. The second-order valence-corrected chi connectivity index (χ2v) is 7.82. The minimum atomic E-state index is -0.409. The number of hydrogen-bond acceptors (Lipinski definition) is 3. The third-order valence-electron chi connectivity index (χ3n) is 6.20. The van der Waals surface area contributed by atoms with Crippen LogP contribution in [0.15, 0.2) is 24.3 Å². The van der Waals surface area contributed by atoms with E-state index < -0.39 is 5.97 Å². The van der Waals surface area contributed by atoms with Crippen LogP contribution >= 0.6 is 0 Å². The van der Waals surface area contributed by atoms with Gasteiger partial charge in [-0.25, -0.2) is 9.59 Å². The number of carbonyl (C=O) groups is 2. The molecule has 2 N–H and O–H groups in total. The van der Waals surface area contributed by atoms with Crippen molar-refractivity contribution in [3.8, 4) is 0 Å². The Bertz CT molecular complexity index is 645. The molecular formula is C20H26N2O3. The lowest BCUT2D eigenvalue weighted by Gasteiger charge is -2.54. The number of urea groups is 1. The quantitative estimate of drug-likeness (QED) is 0.818. The van der Waals surface area contributed by atoms with Crippen LogP contribution in [-0.2, 0) is 4.74 Å². The van der Waals surface area contributed by atoms with E-state index in [9.17, 15) is 9.59 Å². The predicted octanol–water partition coefficient (Wildman–Crippen LogP) is 3.81. The van der Waals surface area contributed by atoms with Crippen molar-refractivity contribution in [2.45, 2.75) is 45.1 Å². The van der Waals surface area contributed by atoms with Crippen LogP contribution in [0, 0.1) is 23.7 Å². The van der Waals surface area contributed by atoms with E-state index >= 15 is 0 Å². The summed E-state index contributed by atoms with van der Waals surface area (Å²) in [5.41, 5.74) is 0.895. The van der Waals surface area contributed by atoms with Gasteiger partial charge in [-0.05, 0) is 74.8 Å². The largest absolute Gasteiger partial charge is 0.462 e. The highest BCUT2D eigenvalue weighted by molar-refractivity contribution is 6.00. The fourth-order valence-corrected chi connectivity index (χ4v) is 5.45. The van der Waals surface area contributed by atoms with Gasteiger partial charge in [-0.15, -0.1) is 0 Å². The number of nitrogens with one attached hydrogen (secondary N) is 2. The molecule has 0 heterocycles. The Morgan fingerprint density at radius 2 is 1.68 bits per heavy atom. The Morgan fingerprint density at radius 3 is 2.32 bits per heavy atom. The molecule has 134 valence electrons. The fraction of sp³-hybridized carbons (Fsp3) is 0.600. The van der Waals surface area contributed by atoms with Gasteiger partial charge in [0.1, 0.15) is 0 Å². The van der Waals surface area contributed by atoms with Crippen molar-refractivity contribution >= 4 is 17.7 Å². The highest BCUT2D eigenvalue weighted by Gasteiger charge is 2.48. The number of ether oxygens (including phenoxy) is 1. The highest BCUT2D eigenvalue weighted by atomic mass is 16.5. The molecule has 5 rings (SSSR count). The smallest absolute Gasteiger partial charge is 0.340 e. The van der Waals surface area contributed by atoms with Crippen LogP contribution in [0.4, 0.5) is 10.5 Å². The molecule has 4 saturated carbocycles. The minimum absolute atomic E-state index is 0.214. The molecule has 0 atom stereocenters. The molecule has 5 heteroatoms. The van der Waals surface area contributed by atoms with Crippen LogP contribution in [0.5, 0.6) is 0 Å². The first-order chi connectivity index (χ1) is 12.1. The molecule has 4 aliphatic rings. The average Bonchev–Trinajstić information content (AvgIpc) is 2.58. The van der Waals surface area contributed by atoms with Crippen molar-refractivity contribution < 1.29 is 14.3 Å². The first-order valence-corrected chi connectivity index (χ1v) is 9.47. The molecule has 0 radical (unpaired) electrons. The number of carbonyl (C=O) groups excluding carboxylic acids is 2. The Morgan fingerprint density at radius 1 is 1.04 bits per heavy atom. The molecule has 5 nitrogen and oxygen atoms in total. The van der Waals surface area contributed by atoms with Gasteiger partial charge < -0.3 is 15.4 Å². The van der Waals surface area contributed by atoms with Crippen molar-refractivity contribution in [2.75, 3.05) is 11.9 Å². The van der Waals surface area contributed by atoms with Gasteiger partial charge in [0.25, 0.3) is 0 Å². The molecule has 0 aliphatic heterocycles. The van der Waals surface area contributed by atoms with E-state index in [0.717, 1.165) is 11.8 Å². The lowest BCUT2D eigenvalue weighted by Crippen LogP contribution is -2.56. The average molecular weight is 342 g/mol. The number of esters is 1. The van der Waals surface area contributed by atoms with Crippen LogP contribution in [0.25, 0.3) is 0 Å². The topological polar surface area (TPSA) is 67.4 Å². The van der Waals surface area contributed by atoms with Crippen LogP contribution in [-0.4, -0.2) is 24.6 Å². The first-order valence-electron chi connectivity index (χ1n) is 9.47. The molecule has 0 unspecified atom stereocenters. The van der Waals surface area contributed by atoms with Gasteiger partial charge in [0.2, 0.25) is 0 Å². The Balaban J connectivity index is 1.42. The molecule has 25 heavy (non-hydrogen) atoms. The molecular weight excluding hydrogens is 316 g/mol. The van der Waals surface area contributed by atoms with Crippen molar-refractivity contribution in [3.63, 3.8) is 0 Å². The van der Waals surface area contributed by atoms with Gasteiger partial charge in [-0.2, -0.15) is 0 Å². The molecule has 1 aromatic carbocycles. The zero-order valence-corrected chi connectivity index (χ0v) is 14.7. The zero-order valence-electron chi connectivity index (χ0n) is 14.7. The van der Waals surface area contributed by atoms with Gasteiger partial charge in [0, 0.05) is 6.04 Å². The van der Waals surface area contributed by atoms with Crippen molar-refractivity contribution in [1.82, 2.24) is 5.32 Å². The van der Waals surface area contributed by atoms with Crippen LogP contribution in [0.3, 0.4) is 0 Å². The van der Waals surface area contributed by atoms with Crippen molar-refractivity contribution in [3.05, 3.63) is 29.8 Å². The normalized spacial score (nSPS) is 32.3. The van der Waals surface area contributed by atoms with Gasteiger partial charge in [0.05, 0.1) is 17.9 Å². The summed E-state index contributed by atoms with van der Waals surface area (Å²) in [4.78, 5) is 24.6. The van der Waals surface area contributed by atoms with E-state index in [2.05, 4.69) is 10.6 Å². The van der Waals surface area contributed by atoms with E-state index in [1.54, 1.807) is 31.2 Å². The maximum absolute atomic E-state index is 12.6. The number of rotatable bonds is 4. The highest BCUT2D eigenvalue weighted by Crippen LogP contribution is 2.53. The Labute approximate surface area is 148 Å². The lowest BCUT2D eigenvalue weighted by atomic mass is 9.54. The second kappa shape index (κ2) is 6.70. The van der Waals surface area contributed by atoms with Gasteiger partial charge in [0.15, 0.2) is 0 Å². The van der Waals surface area contributed by atoms with Crippen molar-refractivity contribution in [2.24, 2.45) is 23.7 Å². The molecule has 4 fully saturated rings. The number of amides is 2. The number of benzene rings is 1. The summed E-state index contributed by atoms with van der Waals surface area (Å²) in [6.07, 6.45) is 6.45. The van der Waals surface area contributed by atoms with Gasteiger partial charge >= 0.3 is 12.0 Å². The number of hydrogen-bond donors (Lipinski definition) is 2. The summed E-state index contributed by atoms with van der Waals surface area (Å²) in [6, 6.07) is 7.06. The standard InChI is InChI=1S/C20H26N2O3/c1-2-25-19(23)16-5-3-4-6-17(16)21-20(24)22-18-14-8-12-7-13(10-14)11-15(18)9-12/h3-6,12-15,18H,2,7-11H2,1H3,(H2,21,22,24). The van der Waals surface area contributed by atoms with Gasteiger partial charge in [-0.3, -0.25) is 0 Å². The molecule has 4 aliphatic carbocycles. The summed E-state index contributed by atoms with van der Waals surface area (Å²) in [5, 5.41) is 6.06. The molecule has 0 saturated heterocycles. The first kappa shape index (κ1) is 16.4. The van der Waals surface area contributed by atoms with Crippen LogP contribution < -0.4 is 10.6 Å². The molecule has 2 amide bonds. The zero-order chi connectivity index (χ0) is 17.4. The number of para-hydroxylation sites is 1. The van der Waals surface area contributed by atoms with Crippen molar-refractivity contribution in [1.29, 1.82) is 0 Å². The van der Waals surface area contributed by atoms with E-state index in [0.29, 0.717) is 29.7 Å². The third-order valence-corrected chi connectivity index (χ3v) is 6.20. The maximum atomic E-state index is 12.6. The number of anilines is 1. The van der Waals surface area contributed by atoms with Gasteiger partial charge in [-0.1, -0.05) is 12.1 Å².